The second-order valence-corrected chi connectivity index (χ2v) is 8.72. The van der Waals surface area contributed by atoms with Crippen LogP contribution in [0, 0.1) is 11.8 Å². The second kappa shape index (κ2) is 9.98. The van der Waals surface area contributed by atoms with E-state index in [4.69, 9.17) is 14.2 Å². The lowest BCUT2D eigenvalue weighted by Gasteiger charge is -2.35. The summed E-state index contributed by atoms with van der Waals surface area (Å²) in [7, 11) is 1.62. The molecule has 30 heavy (non-hydrogen) atoms. The van der Waals surface area contributed by atoms with Gasteiger partial charge < -0.3 is 24.2 Å². The highest BCUT2D eigenvalue weighted by atomic mass is 16.5. The minimum atomic E-state index is -0.521. The molecule has 2 heterocycles. The predicted molar refractivity (Wildman–Crippen MR) is 113 cm³/mol. The molecule has 1 saturated carbocycles. The van der Waals surface area contributed by atoms with Gasteiger partial charge in [-0.1, -0.05) is 12.1 Å². The third kappa shape index (κ3) is 5.07. The van der Waals surface area contributed by atoms with Gasteiger partial charge in [0.15, 0.2) is 11.5 Å². The molecule has 3 aliphatic rings. The number of fused-ring (bicyclic) bond motifs is 1. The molecule has 4 rings (SSSR count). The van der Waals surface area contributed by atoms with Crippen molar-refractivity contribution in [3.8, 4) is 11.5 Å². The van der Waals surface area contributed by atoms with Gasteiger partial charge in [0.25, 0.3) is 0 Å². The number of methoxy groups -OCH3 is 1. The van der Waals surface area contributed by atoms with Crippen molar-refractivity contribution in [1.29, 1.82) is 0 Å². The molecule has 1 aromatic rings. The molecule has 1 amide bonds. The Balaban J connectivity index is 1.26. The van der Waals surface area contributed by atoms with Crippen LogP contribution in [-0.2, 0) is 9.53 Å². The summed E-state index contributed by atoms with van der Waals surface area (Å²) >= 11 is 0. The number of hydrogen-bond acceptors (Lipinski definition) is 6. The zero-order chi connectivity index (χ0) is 20.9. The van der Waals surface area contributed by atoms with Crippen molar-refractivity contribution >= 4 is 5.91 Å². The van der Waals surface area contributed by atoms with E-state index < -0.39 is 6.10 Å². The van der Waals surface area contributed by atoms with Crippen molar-refractivity contribution < 1.29 is 24.1 Å². The lowest BCUT2D eigenvalue weighted by Crippen LogP contribution is -2.42. The molecule has 1 aliphatic carbocycles. The number of para-hydroxylation sites is 2. The van der Waals surface area contributed by atoms with Gasteiger partial charge in [-0.05, 0) is 49.8 Å². The Morgan fingerprint density at radius 1 is 1.13 bits per heavy atom. The number of aliphatic hydroxyl groups is 1. The van der Waals surface area contributed by atoms with Crippen LogP contribution in [0.4, 0.5) is 0 Å². The van der Waals surface area contributed by atoms with Crippen LogP contribution in [0.15, 0.2) is 24.3 Å². The number of benzene rings is 1. The standard InChI is InChI=1S/C23H34N2O5/c1-28-20-5-2-3-6-21(20)30-22-14-18-16-25(15-17(18)13-19(22)26)23(27)7-4-8-24-9-11-29-12-10-24/h2-3,5-6,17-19,22,26H,4,7-16H2,1H3/t17-,18+,19+,22+/m0/s1. The average molecular weight is 419 g/mol. The highest BCUT2D eigenvalue weighted by Gasteiger charge is 2.43. The van der Waals surface area contributed by atoms with E-state index in [1.807, 2.05) is 29.2 Å². The molecule has 0 bridgehead atoms. The Hall–Kier alpha value is -1.83. The quantitative estimate of drug-likeness (QED) is 0.728. The van der Waals surface area contributed by atoms with Crippen LogP contribution in [0.3, 0.4) is 0 Å². The molecule has 4 atom stereocenters. The van der Waals surface area contributed by atoms with E-state index in [1.54, 1.807) is 7.11 Å². The zero-order valence-corrected chi connectivity index (χ0v) is 17.9. The summed E-state index contributed by atoms with van der Waals surface area (Å²) in [6.07, 6.45) is 2.16. The van der Waals surface area contributed by atoms with Gasteiger partial charge in [-0.15, -0.1) is 0 Å². The maximum atomic E-state index is 12.7. The number of amides is 1. The van der Waals surface area contributed by atoms with Crippen LogP contribution in [0.25, 0.3) is 0 Å². The summed E-state index contributed by atoms with van der Waals surface area (Å²) in [5, 5.41) is 10.7. The minimum Gasteiger partial charge on any atom is -0.493 e. The molecule has 7 nitrogen and oxygen atoms in total. The molecule has 0 spiro atoms. The fraction of sp³-hybridized carbons (Fsp3) is 0.696. The van der Waals surface area contributed by atoms with Gasteiger partial charge in [-0.3, -0.25) is 9.69 Å². The van der Waals surface area contributed by atoms with Gasteiger partial charge in [-0.25, -0.2) is 0 Å². The summed E-state index contributed by atoms with van der Waals surface area (Å²) in [6, 6.07) is 7.54. The van der Waals surface area contributed by atoms with Gasteiger partial charge in [-0.2, -0.15) is 0 Å². The molecular formula is C23H34N2O5. The summed E-state index contributed by atoms with van der Waals surface area (Å²) in [4.78, 5) is 17.1. The van der Waals surface area contributed by atoms with Gasteiger partial charge in [0.2, 0.25) is 5.91 Å². The van der Waals surface area contributed by atoms with Crippen LogP contribution < -0.4 is 9.47 Å². The summed E-state index contributed by atoms with van der Waals surface area (Å²) in [5.74, 6) is 2.33. The van der Waals surface area contributed by atoms with Crippen LogP contribution in [0.1, 0.15) is 25.7 Å². The molecule has 0 aromatic heterocycles. The SMILES string of the molecule is COc1ccccc1O[C@@H]1C[C@@H]2CN(C(=O)CCCN3CCOCC3)C[C@@H]2C[C@H]1O. The fourth-order valence-electron chi connectivity index (χ4n) is 5.04. The number of carbonyl (C=O) groups is 1. The lowest BCUT2D eigenvalue weighted by molar-refractivity contribution is -0.130. The van der Waals surface area contributed by atoms with Crippen LogP contribution in [0.5, 0.6) is 11.5 Å². The fourth-order valence-corrected chi connectivity index (χ4v) is 5.04. The first-order valence-electron chi connectivity index (χ1n) is 11.2. The van der Waals surface area contributed by atoms with Crippen molar-refractivity contribution in [2.75, 3.05) is 53.0 Å². The van der Waals surface area contributed by atoms with Crippen molar-refractivity contribution in [1.82, 2.24) is 9.80 Å². The minimum absolute atomic E-state index is 0.245. The number of ether oxygens (including phenoxy) is 3. The van der Waals surface area contributed by atoms with E-state index in [9.17, 15) is 9.90 Å². The van der Waals surface area contributed by atoms with Gasteiger partial charge >= 0.3 is 0 Å². The monoisotopic (exact) mass is 418 g/mol. The van der Waals surface area contributed by atoms with E-state index in [-0.39, 0.29) is 12.0 Å². The second-order valence-electron chi connectivity index (χ2n) is 8.72. The van der Waals surface area contributed by atoms with Crippen LogP contribution in [-0.4, -0.2) is 86.1 Å². The molecule has 3 fully saturated rings. The maximum absolute atomic E-state index is 12.7. The molecule has 7 heteroatoms. The van der Waals surface area contributed by atoms with E-state index in [2.05, 4.69) is 4.90 Å². The average Bonchev–Trinajstić information content (AvgIpc) is 3.18. The molecule has 0 radical (unpaired) electrons. The molecule has 0 unspecified atom stereocenters. The number of nitrogens with zero attached hydrogens (tertiary/aromatic N) is 2. The number of rotatable bonds is 7. The summed E-state index contributed by atoms with van der Waals surface area (Å²) in [6.45, 7) is 6.02. The largest absolute Gasteiger partial charge is 0.493 e. The van der Waals surface area contributed by atoms with E-state index in [0.717, 1.165) is 58.8 Å². The molecule has 2 aliphatic heterocycles. The third-order valence-corrected chi connectivity index (χ3v) is 6.75. The third-order valence-electron chi connectivity index (χ3n) is 6.75. The molecule has 1 aromatic carbocycles. The Morgan fingerprint density at radius 2 is 1.83 bits per heavy atom. The highest BCUT2D eigenvalue weighted by Crippen LogP contribution is 2.39. The van der Waals surface area contributed by atoms with E-state index in [1.165, 1.54) is 0 Å². The number of aliphatic hydroxyl groups excluding tert-OH is 1. The smallest absolute Gasteiger partial charge is 0.222 e. The Kier molecular flexibility index (Phi) is 7.12. The normalized spacial score (nSPS) is 29.5. The zero-order valence-electron chi connectivity index (χ0n) is 17.9. The lowest BCUT2D eigenvalue weighted by atomic mass is 9.78. The Morgan fingerprint density at radius 3 is 2.57 bits per heavy atom. The number of likely N-dealkylation sites (tertiary alicyclic amines) is 1. The van der Waals surface area contributed by atoms with Crippen LogP contribution >= 0.6 is 0 Å². The first-order valence-corrected chi connectivity index (χ1v) is 11.2. The Bertz CT molecular complexity index is 709. The van der Waals surface area contributed by atoms with Gasteiger partial charge in [0.05, 0.1) is 26.4 Å². The first kappa shape index (κ1) is 21.4. The van der Waals surface area contributed by atoms with Gasteiger partial charge in [0.1, 0.15) is 6.10 Å². The molecule has 166 valence electrons. The number of morpholine rings is 1. The Labute approximate surface area is 178 Å². The topological polar surface area (TPSA) is 71.5 Å². The van der Waals surface area contributed by atoms with E-state index in [0.29, 0.717) is 36.2 Å². The van der Waals surface area contributed by atoms with Crippen molar-refractivity contribution in [2.24, 2.45) is 11.8 Å². The number of hydrogen-bond donors (Lipinski definition) is 1. The summed E-state index contributed by atoms with van der Waals surface area (Å²) in [5.41, 5.74) is 0. The van der Waals surface area contributed by atoms with Crippen LogP contribution in [0.2, 0.25) is 0 Å². The van der Waals surface area contributed by atoms with Crippen molar-refractivity contribution in [3.05, 3.63) is 24.3 Å². The molecule has 1 N–H and O–H groups in total. The van der Waals surface area contributed by atoms with E-state index >= 15 is 0 Å². The van der Waals surface area contributed by atoms with Gasteiger partial charge in [0, 0.05) is 32.6 Å². The first-order chi connectivity index (χ1) is 14.6. The summed E-state index contributed by atoms with van der Waals surface area (Å²) < 4.78 is 16.9. The number of carbonyl (C=O) groups excluding carboxylic acids is 1. The van der Waals surface area contributed by atoms with Crippen molar-refractivity contribution in [2.45, 2.75) is 37.9 Å². The predicted octanol–water partition coefficient (Wildman–Crippen LogP) is 1.78. The maximum Gasteiger partial charge on any atom is 0.222 e. The molecular weight excluding hydrogens is 384 g/mol. The molecule has 2 saturated heterocycles. The highest BCUT2D eigenvalue weighted by molar-refractivity contribution is 5.76. The van der Waals surface area contributed by atoms with Crippen molar-refractivity contribution in [3.63, 3.8) is 0 Å².